The van der Waals surface area contributed by atoms with E-state index in [-0.39, 0.29) is 18.8 Å². The van der Waals surface area contributed by atoms with E-state index in [2.05, 4.69) is 4.90 Å². The molecule has 0 bridgehead atoms. The molecular formula is C21H25ClN2O5. The molecule has 0 spiro atoms. The highest BCUT2D eigenvalue weighted by atomic mass is 35.5. The number of ether oxygens (including phenoxy) is 3. The summed E-state index contributed by atoms with van der Waals surface area (Å²) in [4.78, 5) is 19.0. The summed E-state index contributed by atoms with van der Waals surface area (Å²) in [6, 6.07) is 3.68. The SMILES string of the molecule is CCOC(=O)C[C@H]1CCCCN1Cc1nc(-c2cc3c(cc2Cl)OCO3)oc1C. The van der Waals surface area contributed by atoms with Crippen molar-refractivity contribution in [2.24, 2.45) is 0 Å². The van der Waals surface area contributed by atoms with Gasteiger partial charge in [0.15, 0.2) is 11.5 Å². The van der Waals surface area contributed by atoms with Gasteiger partial charge in [-0.05, 0) is 39.3 Å². The zero-order valence-corrected chi connectivity index (χ0v) is 17.5. The molecule has 0 saturated carbocycles. The van der Waals surface area contributed by atoms with E-state index >= 15 is 0 Å². The van der Waals surface area contributed by atoms with Gasteiger partial charge in [0, 0.05) is 18.7 Å². The largest absolute Gasteiger partial charge is 0.466 e. The molecule has 1 aromatic carbocycles. The molecule has 0 unspecified atom stereocenters. The second kappa shape index (κ2) is 8.63. The van der Waals surface area contributed by atoms with E-state index in [1.165, 1.54) is 0 Å². The molecule has 0 amide bonds. The first-order valence-electron chi connectivity index (χ1n) is 10.0. The molecule has 0 aliphatic carbocycles. The maximum Gasteiger partial charge on any atom is 0.307 e. The van der Waals surface area contributed by atoms with Crippen LogP contribution in [0.25, 0.3) is 11.5 Å². The van der Waals surface area contributed by atoms with Crippen molar-refractivity contribution in [2.45, 2.75) is 52.1 Å². The summed E-state index contributed by atoms with van der Waals surface area (Å²) < 4.78 is 21.9. The van der Waals surface area contributed by atoms with Crippen LogP contribution in [0.3, 0.4) is 0 Å². The van der Waals surface area contributed by atoms with Gasteiger partial charge in [-0.15, -0.1) is 0 Å². The van der Waals surface area contributed by atoms with Crippen LogP contribution < -0.4 is 9.47 Å². The fourth-order valence-corrected chi connectivity index (χ4v) is 4.11. The Morgan fingerprint density at radius 3 is 2.90 bits per heavy atom. The van der Waals surface area contributed by atoms with Gasteiger partial charge in [0.1, 0.15) is 5.76 Å². The molecular weight excluding hydrogens is 396 g/mol. The van der Waals surface area contributed by atoms with Gasteiger partial charge in [-0.25, -0.2) is 4.98 Å². The van der Waals surface area contributed by atoms with E-state index < -0.39 is 0 Å². The first-order chi connectivity index (χ1) is 14.0. The Morgan fingerprint density at radius 2 is 2.10 bits per heavy atom. The van der Waals surface area contributed by atoms with Crippen LogP contribution in [-0.4, -0.2) is 41.8 Å². The summed E-state index contributed by atoms with van der Waals surface area (Å²) in [5.74, 6) is 2.31. The first-order valence-corrected chi connectivity index (χ1v) is 10.4. The van der Waals surface area contributed by atoms with Gasteiger partial charge in [-0.2, -0.15) is 0 Å². The van der Waals surface area contributed by atoms with Gasteiger partial charge in [-0.1, -0.05) is 18.0 Å². The van der Waals surface area contributed by atoms with Crippen LogP contribution in [0.15, 0.2) is 16.5 Å². The third-order valence-corrected chi connectivity index (χ3v) is 5.71. The van der Waals surface area contributed by atoms with Crippen molar-refractivity contribution in [1.82, 2.24) is 9.88 Å². The Kier molecular flexibility index (Phi) is 5.96. The average Bonchev–Trinajstić information content (AvgIpc) is 3.29. The highest BCUT2D eigenvalue weighted by Crippen LogP contribution is 2.41. The number of carbonyl (C=O) groups excluding carboxylic acids is 1. The predicted octanol–water partition coefficient (Wildman–Crippen LogP) is 4.34. The van der Waals surface area contributed by atoms with Gasteiger partial charge >= 0.3 is 5.97 Å². The van der Waals surface area contributed by atoms with Crippen molar-refractivity contribution < 1.29 is 23.4 Å². The minimum atomic E-state index is -0.144. The molecule has 2 aliphatic heterocycles. The highest BCUT2D eigenvalue weighted by Gasteiger charge is 2.27. The lowest BCUT2D eigenvalue weighted by atomic mass is 9.99. The normalized spacial score (nSPS) is 18.8. The van der Waals surface area contributed by atoms with Crippen LogP contribution in [0, 0.1) is 6.92 Å². The van der Waals surface area contributed by atoms with Crippen LogP contribution in [0.4, 0.5) is 0 Å². The molecule has 1 atom stereocenters. The number of benzene rings is 1. The quantitative estimate of drug-likeness (QED) is 0.643. The molecule has 2 aliphatic rings. The smallest absolute Gasteiger partial charge is 0.307 e. The number of likely N-dealkylation sites (tertiary alicyclic amines) is 1. The Morgan fingerprint density at radius 1 is 1.31 bits per heavy atom. The highest BCUT2D eigenvalue weighted by molar-refractivity contribution is 6.33. The van der Waals surface area contributed by atoms with E-state index in [0.717, 1.165) is 37.3 Å². The van der Waals surface area contributed by atoms with Crippen molar-refractivity contribution in [3.63, 3.8) is 0 Å². The lowest BCUT2D eigenvalue weighted by Gasteiger charge is -2.34. The van der Waals surface area contributed by atoms with Crippen molar-refractivity contribution in [1.29, 1.82) is 0 Å². The Hall–Kier alpha value is -2.25. The molecule has 1 saturated heterocycles. The van der Waals surface area contributed by atoms with Crippen molar-refractivity contribution >= 4 is 17.6 Å². The summed E-state index contributed by atoms with van der Waals surface area (Å²) in [6.45, 7) is 5.88. The summed E-state index contributed by atoms with van der Waals surface area (Å²) in [5, 5.41) is 0.500. The second-order valence-corrected chi connectivity index (χ2v) is 7.74. The molecule has 4 rings (SSSR count). The average molecular weight is 421 g/mol. The predicted molar refractivity (Wildman–Crippen MR) is 107 cm³/mol. The molecule has 1 aromatic heterocycles. The number of aryl methyl sites for hydroxylation is 1. The number of aromatic nitrogens is 1. The third kappa shape index (κ3) is 4.36. The number of rotatable bonds is 6. The standard InChI is InChI=1S/C21H25ClN2O5/c1-3-26-20(25)8-14-6-4-5-7-24(14)11-17-13(2)29-21(23-17)15-9-18-19(10-16(15)22)28-12-27-18/h9-10,14H,3-8,11-12H2,1-2H3/t14-/m1/s1. The number of hydrogen-bond acceptors (Lipinski definition) is 7. The molecule has 1 fully saturated rings. The van der Waals surface area contributed by atoms with Gasteiger partial charge < -0.3 is 18.6 Å². The Labute approximate surface area is 174 Å². The molecule has 8 heteroatoms. The zero-order chi connectivity index (χ0) is 20.4. The molecule has 29 heavy (non-hydrogen) atoms. The molecule has 0 N–H and O–H groups in total. The van der Waals surface area contributed by atoms with Crippen molar-refractivity contribution in [2.75, 3.05) is 19.9 Å². The van der Waals surface area contributed by atoms with Crippen LogP contribution >= 0.6 is 11.6 Å². The lowest BCUT2D eigenvalue weighted by molar-refractivity contribution is -0.145. The Balaban J connectivity index is 1.53. The number of halogens is 1. The maximum atomic E-state index is 12.0. The van der Waals surface area contributed by atoms with E-state index in [0.29, 0.717) is 47.5 Å². The second-order valence-electron chi connectivity index (χ2n) is 7.34. The molecule has 3 heterocycles. The van der Waals surface area contributed by atoms with Gasteiger partial charge in [0.05, 0.1) is 29.3 Å². The van der Waals surface area contributed by atoms with Crippen LogP contribution in [0.1, 0.15) is 44.1 Å². The number of nitrogens with zero attached hydrogens (tertiary/aromatic N) is 2. The third-order valence-electron chi connectivity index (χ3n) is 5.39. The fourth-order valence-electron chi connectivity index (χ4n) is 3.87. The maximum absolute atomic E-state index is 12.0. The number of piperidine rings is 1. The minimum Gasteiger partial charge on any atom is -0.466 e. The summed E-state index contributed by atoms with van der Waals surface area (Å²) >= 11 is 6.41. The Bertz CT molecular complexity index is 897. The van der Waals surface area contributed by atoms with E-state index in [9.17, 15) is 4.79 Å². The van der Waals surface area contributed by atoms with Crippen molar-refractivity contribution in [3.8, 4) is 23.0 Å². The molecule has 156 valence electrons. The first kappa shape index (κ1) is 20.0. The van der Waals surface area contributed by atoms with Crippen molar-refractivity contribution in [3.05, 3.63) is 28.6 Å². The summed E-state index contributed by atoms with van der Waals surface area (Å²) in [5.41, 5.74) is 1.52. The van der Waals surface area contributed by atoms with E-state index in [4.69, 9.17) is 35.2 Å². The molecule has 2 aromatic rings. The van der Waals surface area contributed by atoms with E-state index in [1.807, 2.05) is 13.8 Å². The van der Waals surface area contributed by atoms with Crippen LogP contribution in [0.5, 0.6) is 11.5 Å². The minimum absolute atomic E-state index is 0.144. The number of hydrogen-bond donors (Lipinski definition) is 0. The summed E-state index contributed by atoms with van der Waals surface area (Å²) in [6.07, 6.45) is 3.62. The monoisotopic (exact) mass is 420 g/mol. The number of oxazole rings is 1. The van der Waals surface area contributed by atoms with Gasteiger partial charge in [-0.3, -0.25) is 9.69 Å². The summed E-state index contributed by atoms with van der Waals surface area (Å²) in [7, 11) is 0. The van der Waals surface area contributed by atoms with Gasteiger partial charge in [0.25, 0.3) is 0 Å². The topological polar surface area (TPSA) is 74.0 Å². The number of esters is 1. The number of carbonyl (C=O) groups is 1. The number of fused-ring (bicyclic) bond motifs is 1. The van der Waals surface area contributed by atoms with Crippen LogP contribution in [-0.2, 0) is 16.1 Å². The lowest BCUT2D eigenvalue weighted by Crippen LogP contribution is -2.40. The fraction of sp³-hybridized carbons (Fsp3) is 0.524. The van der Waals surface area contributed by atoms with Gasteiger partial charge in [0.2, 0.25) is 12.7 Å². The zero-order valence-electron chi connectivity index (χ0n) is 16.7. The molecule has 0 radical (unpaired) electrons. The molecule has 7 nitrogen and oxygen atoms in total. The van der Waals surface area contributed by atoms with E-state index in [1.54, 1.807) is 12.1 Å². The van der Waals surface area contributed by atoms with Crippen LogP contribution in [0.2, 0.25) is 5.02 Å².